The molecule has 0 unspecified atom stereocenters. The largest absolute Gasteiger partial charge is 0.441 e. The second-order valence-corrected chi connectivity index (χ2v) is 6.79. The molecule has 2 N–H and O–H groups in total. The number of carbonyl (C=O) groups is 1. The molecule has 27 heavy (non-hydrogen) atoms. The highest BCUT2D eigenvalue weighted by Crippen LogP contribution is 2.24. The van der Waals surface area contributed by atoms with E-state index in [0.29, 0.717) is 36.0 Å². The molecule has 1 aliphatic rings. The van der Waals surface area contributed by atoms with Crippen LogP contribution >= 0.6 is 0 Å². The quantitative estimate of drug-likeness (QED) is 0.759. The average Bonchev–Trinajstić information content (AvgIpc) is 3.09. The highest BCUT2D eigenvalue weighted by Gasteiger charge is 2.29. The number of nitrogens with two attached hydrogens (primary N) is 1. The summed E-state index contributed by atoms with van der Waals surface area (Å²) < 4.78 is 19.3. The molecule has 0 spiro atoms. The lowest BCUT2D eigenvalue weighted by atomic mass is 10.0. The van der Waals surface area contributed by atoms with Gasteiger partial charge in [0.15, 0.2) is 11.7 Å². The van der Waals surface area contributed by atoms with Crippen LogP contribution in [0.15, 0.2) is 35.0 Å². The number of piperidine rings is 1. The fraction of sp³-hybridized carbons (Fsp3) is 0.368. The van der Waals surface area contributed by atoms with Gasteiger partial charge in [-0.25, -0.2) is 19.3 Å². The Morgan fingerprint density at radius 2 is 2.22 bits per heavy atom. The van der Waals surface area contributed by atoms with Gasteiger partial charge in [0.2, 0.25) is 5.91 Å². The summed E-state index contributed by atoms with van der Waals surface area (Å²) in [6.45, 7) is 2.28. The number of oxazole rings is 1. The Kier molecular flexibility index (Phi) is 4.57. The van der Waals surface area contributed by atoms with Gasteiger partial charge in [0.05, 0.1) is 24.7 Å². The molecule has 0 bridgehead atoms. The normalized spacial score (nSPS) is 20.2. The van der Waals surface area contributed by atoms with Gasteiger partial charge >= 0.3 is 0 Å². The van der Waals surface area contributed by atoms with E-state index >= 15 is 0 Å². The fourth-order valence-electron chi connectivity index (χ4n) is 3.19. The number of fused-ring (bicyclic) bond motifs is 1. The van der Waals surface area contributed by atoms with Crippen LogP contribution in [-0.2, 0) is 11.2 Å². The summed E-state index contributed by atoms with van der Waals surface area (Å²) in [6, 6.07) is 5.19. The van der Waals surface area contributed by atoms with Crippen molar-refractivity contribution in [3.05, 3.63) is 42.3 Å². The third-order valence-corrected chi connectivity index (χ3v) is 4.79. The van der Waals surface area contributed by atoms with E-state index in [1.807, 2.05) is 18.2 Å². The summed E-state index contributed by atoms with van der Waals surface area (Å²) in [4.78, 5) is 26.8. The van der Waals surface area contributed by atoms with E-state index in [2.05, 4.69) is 15.0 Å². The van der Waals surface area contributed by atoms with Crippen molar-refractivity contribution >= 4 is 16.8 Å². The maximum atomic E-state index is 13.8. The van der Waals surface area contributed by atoms with Crippen LogP contribution in [0.5, 0.6) is 0 Å². The van der Waals surface area contributed by atoms with Crippen molar-refractivity contribution < 1.29 is 13.6 Å². The van der Waals surface area contributed by atoms with Gasteiger partial charge in [-0.15, -0.1) is 0 Å². The molecule has 3 heterocycles. The standard InChI is InChI=1S/C19H20FN5O2/c1-11-22-9-17(27-11)12-2-3-13-8-23-18(24-16(13)6-12)7-19(26)25-5-4-15(21)14(20)10-25/h2-3,6,8-9,14-15H,4-5,7,10,21H2,1H3/t14-,15-/m0/s1. The molecule has 140 valence electrons. The van der Waals surface area contributed by atoms with Crippen molar-refractivity contribution in [3.63, 3.8) is 0 Å². The minimum Gasteiger partial charge on any atom is -0.441 e. The molecule has 0 saturated carbocycles. The molecule has 2 atom stereocenters. The topological polar surface area (TPSA) is 98.1 Å². The molecule has 3 aromatic rings. The van der Waals surface area contributed by atoms with Gasteiger partial charge in [-0.05, 0) is 12.5 Å². The van der Waals surface area contributed by atoms with E-state index < -0.39 is 12.2 Å². The molecular formula is C19H20FN5O2. The van der Waals surface area contributed by atoms with Crippen molar-refractivity contribution in [2.24, 2.45) is 5.73 Å². The fourth-order valence-corrected chi connectivity index (χ4v) is 3.19. The molecule has 1 aromatic carbocycles. The summed E-state index contributed by atoms with van der Waals surface area (Å²) in [7, 11) is 0. The van der Waals surface area contributed by atoms with Crippen LogP contribution in [0.4, 0.5) is 4.39 Å². The average molecular weight is 369 g/mol. The van der Waals surface area contributed by atoms with E-state index in [1.54, 1.807) is 19.3 Å². The molecule has 4 rings (SSSR count). The van der Waals surface area contributed by atoms with Gasteiger partial charge < -0.3 is 15.1 Å². The predicted molar refractivity (Wildman–Crippen MR) is 97.5 cm³/mol. The molecular weight excluding hydrogens is 349 g/mol. The van der Waals surface area contributed by atoms with E-state index in [0.717, 1.165) is 10.9 Å². The Balaban J connectivity index is 1.54. The van der Waals surface area contributed by atoms with Gasteiger partial charge in [-0.2, -0.15) is 0 Å². The summed E-state index contributed by atoms with van der Waals surface area (Å²) in [5, 5.41) is 0.860. The number of amides is 1. The lowest BCUT2D eigenvalue weighted by Crippen LogP contribution is -2.50. The van der Waals surface area contributed by atoms with Crippen LogP contribution in [0.2, 0.25) is 0 Å². The van der Waals surface area contributed by atoms with E-state index in [9.17, 15) is 9.18 Å². The van der Waals surface area contributed by atoms with Gasteiger partial charge in [0.1, 0.15) is 12.0 Å². The van der Waals surface area contributed by atoms with Crippen LogP contribution < -0.4 is 5.73 Å². The number of aryl methyl sites for hydroxylation is 1. The van der Waals surface area contributed by atoms with E-state index in [4.69, 9.17) is 10.2 Å². The summed E-state index contributed by atoms with van der Waals surface area (Å²) in [6.07, 6.45) is 2.66. The van der Waals surface area contributed by atoms with Crippen LogP contribution in [0, 0.1) is 6.92 Å². The van der Waals surface area contributed by atoms with Gasteiger partial charge in [0, 0.05) is 36.7 Å². The number of rotatable bonds is 3. The monoisotopic (exact) mass is 369 g/mol. The SMILES string of the molecule is Cc1ncc(-c2ccc3cnc(CC(=O)N4CC[C@H](N)[C@@H](F)C4)nc3c2)o1. The first-order chi connectivity index (χ1) is 13.0. The van der Waals surface area contributed by atoms with Crippen molar-refractivity contribution in [2.75, 3.05) is 13.1 Å². The molecule has 1 aliphatic heterocycles. The maximum Gasteiger partial charge on any atom is 0.230 e. The smallest absolute Gasteiger partial charge is 0.230 e. The lowest BCUT2D eigenvalue weighted by Gasteiger charge is -2.32. The first-order valence-corrected chi connectivity index (χ1v) is 8.85. The first-order valence-electron chi connectivity index (χ1n) is 8.85. The van der Waals surface area contributed by atoms with Gasteiger partial charge in [-0.1, -0.05) is 12.1 Å². The number of carbonyl (C=O) groups excluding carboxylic acids is 1. The predicted octanol–water partition coefficient (Wildman–Crippen LogP) is 2.03. The third-order valence-electron chi connectivity index (χ3n) is 4.79. The zero-order valence-corrected chi connectivity index (χ0v) is 14.9. The zero-order chi connectivity index (χ0) is 19.0. The summed E-state index contributed by atoms with van der Waals surface area (Å²) in [5.74, 6) is 1.46. The highest BCUT2D eigenvalue weighted by atomic mass is 19.1. The number of likely N-dealkylation sites (tertiary alicyclic amines) is 1. The molecule has 0 aliphatic carbocycles. The maximum absolute atomic E-state index is 13.8. The van der Waals surface area contributed by atoms with Crippen molar-refractivity contribution in [1.29, 1.82) is 0 Å². The van der Waals surface area contributed by atoms with Crippen LogP contribution in [0.1, 0.15) is 18.1 Å². The van der Waals surface area contributed by atoms with Crippen LogP contribution in [-0.4, -0.2) is 51.1 Å². The Hall–Kier alpha value is -2.87. The second-order valence-electron chi connectivity index (χ2n) is 6.79. The number of halogens is 1. The molecule has 7 nitrogen and oxygen atoms in total. The Bertz CT molecular complexity index is 989. The molecule has 2 aromatic heterocycles. The second kappa shape index (κ2) is 7.03. The van der Waals surface area contributed by atoms with E-state index in [-0.39, 0.29) is 18.9 Å². The van der Waals surface area contributed by atoms with Crippen molar-refractivity contribution in [3.8, 4) is 11.3 Å². The molecule has 8 heteroatoms. The lowest BCUT2D eigenvalue weighted by molar-refractivity contribution is -0.132. The Morgan fingerprint density at radius 1 is 1.37 bits per heavy atom. The Morgan fingerprint density at radius 3 is 2.96 bits per heavy atom. The number of hydrogen-bond donors (Lipinski definition) is 1. The number of hydrogen-bond acceptors (Lipinski definition) is 6. The molecule has 1 amide bonds. The first kappa shape index (κ1) is 17.5. The highest BCUT2D eigenvalue weighted by molar-refractivity contribution is 5.83. The third kappa shape index (κ3) is 3.66. The van der Waals surface area contributed by atoms with Crippen LogP contribution in [0.25, 0.3) is 22.2 Å². The van der Waals surface area contributed by atoms with Gasteiger partial charge in [-0.3, -0.25) is 4.79 Å². The van der Waals surface area contributed by atoms with E-state index in [1.165, 1.54) is 4.90 Å². The molecule has 0 radical (unpaired) electrons. The minimum absolute atomic E-state index is 0.0303. The number of aromatic nitrogens is 3. The van der Waals surface area contributed by atoms with Crippen LogP contribution in [0.3, 0.4) is 0 Å². The van der Waals surface area contributed by atoms with Crippen molar-refractivity contribution in [1.82, 2.24) is 19.9 Å². The minimum atomic E-state index is -1.19. The number of alkyl halides is 1. The summed E-state index contributed by atoms with van der Waals surface area (Å²) in [5.41, 5.74) is 7.23. The summed E-state index contributed by atoms with van der Waals surface area (Å²) >= 11 is 0. The molecule has 1 saturated heterocycles. The van der Waals surface area contributed by atoms with Gasteiger partial charge in [0.25, 0.3) is 0 Å². The van der Waals surface area contributed by atoms with Crippen molar-refractivity contribution in [2.45, 2.75) is 32.0 Å². The zero-order valence-electron chi connectivity index (χ0n) is 14.9. The number of nitrogens with zero attached hydrogens (tertiary/aromatic N) is 4. The number of benzene rings is 1. The molecule has 1 fully saturated rings. The Labute approximate surface area is 155 Å².